The lowest BCUT2D eigenvalue weighted by molar-refractivity contribution is -0.141. The summed E-state index contributed by atoms with van der Waals surface area (Å²) in [6, 6.07) is 0. The predicted molar refractivity (Wildman–Crippen MR) is 91.2 cm³/mol. The molecule has 0 aliphatic carbocycles. The van der Waals surface area contributed by atoms with Gasteiger partial charge in [-0.15, -0.1) is 0 Å². The number of ether oxygens (including phenoxy) is 1. The fourth-order valence-electron chi connectivity index (χ4n) is 2.12. The first kappa shape index (κ1) is 19.9. The summed E-state index contributed by atoms with van der Waals surface area (Å²) in [5.74, 6) is 1.30. The molecule has 2 unspecified atom stereocenters. The van der Waals surface area contributed by atoms with E-state index in [0.29, 0.717) is 5.92 Å². The molecule has 0 saturated carbocycles. The van der Waals surface area contributed by atoms with Crippen LogP contribution in [0.25, 0.3) is 0 Å². The Balaban J connectivity index is 3.97. The van der Waals surface area contributed by atoms with E-state index in [1.54, 1.807) is 6.08 Å². The number of hydrogen-bond donors (Lipinski definition) is 0. The molecule has 0 heterocycles. The van der Waals surface area contributed by atoms with Crippen molar-refractivity contribution in [3.05, 3.63) is 23.8 Å². The molecule has 0 fully saturated rings. The number of esters is 1. The zero-order chi connectivity index (χ0) is 16.3. The van der Waals surface area contributed by atoms with Crippen LogP contribution in [0.3, 0.4) is 0 Å². The molecular weight excluding hydrogens is 260 g/mol. The van der Waals surface area contributed by atoms with Crippen LogP contribution in [0.2, 0.25) is 0 Å². The molecule has 0 N–H and O–H groups in total. The molecule has 0 aliphatic heterocycles. The van der Waals surface area contributed by atoms with Crippen molar-refractivity contribution in [3.8, 4) is 0 Å². The van der Waals surface area contributed by atoms with Crippen molar-refractivity contribution in [2.24, 2.45) is 11.8 Å². The van der Waals surface area contributed by atoms with Gasteiger partial charge in [0.15, 0.2) is 0 Å². The Morgan fingerprint density at radius 2 is 1.71 bits per heavy atom. The summed E-state index contributed by atoms with van der Waals surface area (Å²) >= 11 is 0. The molecule has 0 spiro atoms. The van der Waals surface area contributed by atoms with Crippen LogP contribution in [-0.4, -0.2) is 12.1 Å². The van der Waals surface area contributed by atoms with Gasteiger partial charge in [0.2, 0.25) is 0 Å². The van der Waals surface area contributed by atoms with Crippen molar-refractivity contribution in [3.63, 3.8) is 0 Å². The van der Waals surface area contributed by atoms with E-state index in [0.717, 1.165) is 17.9 Å². The molecule has 2 heteroatoms. The topological polar surface area (TPSA) is 26.3 Å². The highest BCUT2D eigenvalue weighted by Gasteiger charge is 2.03. The van der Waals surface area contributed by atoms with Gasteiger partial charge in [0.05, 0.1) is 6.10 Å². The van der Waals surface area contributed by atoms with Crippen molar-refractivity contribution in [1.29, 1.82) is 0 Å². The molecule has 0 saturated heterocycles. The van der Waals surface area contributed by atoms with E-state index in [2.05, 4.69) is 26.8 Å². The van der Waals surface area contributed by atoms with Gasteiger partial charge in [-0.3, -0.25) is 0 Å². The number of carbonyl (C=O) groups is 1. The normalized spacial score (nSPS) is 15.5. The monoisotopic (exact) mass is 294 g/mol. The molecule has 2 nitrogen and oxygen atoms in total. The molecule has 0 bridgehead atoms. The van der Waals surface area contributed by atoms with E-state index < -0.39 is 0 Å². The van der Waals surface area contributed by atoms with Crippen LogP contribution in [0.15, 0.2) is 23.8 Å². The van der Waals surface area contributed by atoms with Gasteiger partial charge in [0, 0.05) is 6.08 Å². The van der Waals surface area contributed by atoms with Gasteiger partial charge >= 0.3 is 5.97 Å². The van der Waals surface area contributed by atoms with Gasteiger partial charge in [-0.2, -0.15) is 0 Å². The average molecular weight is 294 g/mol. The van der Waals surface area contributed by atoms with Gasteiger partial charge in [-0.05, 0) is 44.6 Å². The largest absolute Gasteiger partial charge is 0.460 e. The second-order valence-corrected chi connectivity index (χ2v) is 6.56. The minimum absolute atomic E-state index is 0.0592. The standard InChI is InChI=1S/C19H34O2/c1-7-16(4)10-8-11-17(5)12-9-13-18(6)14-19(20)21-15(2)3/h9,13-17H,7-8,10-12H2,1-6H3. The van der Waals surface area contributed by atoms with E-state index in [1.807, 2.05) is 26.8 Å². The number of carbonyl (C=O) groups excluding carboxylic acids is 1. The SMILES string of the molecule is CCC(C)CCCC(C)CC=CC(C)=CC(=O)OC(C)C. The molecule has 0 aromatic heterocycles. The molecule has 2 atom stereocenters. The van der Waals surface area contributed by atoms with Crippen LogP contribution in [0.4, 0.5) is 0 Å². The molecule has 21 heavy (non-hydrogen) atoms. The van der Waals surface area contributed by atoms with Gasteiger partial charge in [-0.1, -0.05) is 58.6 Å². The molecule has 0 aliphatic rings. The quantitative estimate of drug-likeness (QED) is 0.294. The van der Waals surface area contributed by atoms with Gasteiger partial charge in [0.25, 0.3) is 0 Å². The molecule has 0 aromatic rings. The minimum atomic E-state index is -0.256. The Kier molecular flexibility index (Phi) is 11.0. The van der Waals surface area contributed by atoms with Crippen LogP contribution in [0, 0.1) is 11.8 Å². The van der Waals surface area contributed by atoms with Gasteiger partial charge < -0.3 is 4.74 Å². The highest BCUT2D eigenvalue weighted by molar-refractivity contribution is 5.83. The van der Waals surface area contributed by atoms with Crippen molar-refractivity contribution in [2.45, 2.75) is 79.8 Å². The average Bonchev–Trinajstić information content (AvgIpc) is 2.37. The van der Waals surface area contributed by atoms with E-state index >= 15 is 0 Å². The van der Waals surface area contributed by atoms with Gasteiger partial charge in [0.1, 0.15) is 0 Å². The number of hydrogen-bond acceptors (Lipinski definition) is 2. The second-order valence-electron chi connectivity index (χ2n) is 6.56. The zero-order valence-electron chi connectivity index (χ0n) is 14.8. The highest BCUT2D eigenvalue weighted by atomic mass is 16.5. The maximum absolute atomic E-state index is 11.5. The van der Waals surface area contributed by atoms with Crippen LogP contribution >= 0.6 is 0 Å². The van der Waals surface area contributed by atoms with Crippen molar-refractivity contribution < 1.29 is 9.53 Å². The number of allylic oxidation sites excluding steroid dienone is 3. The second kappa shape index (κ2) is 11.6. The third-order valence-corrected chi connectivity index (χ3v) is 3.71. The smallest absolute Gasteiger partial charge is 0.331 e. The summed E-state index contributed by atoms with van der Waals surface area (Å²) < 4.78 is 5.09. The van der Waals surface area contributed by atoms with Crippen molar-refractivity contribution >= 4 is 5.97 Å². The Labute approximate surface area is 131 Å². The molecular formula is C19H34O2. The Morgan fingerprint density at radius 3 is 2.29 bits per heavy atom. The summed E-state index contributed by atoms with van der Waals surface area (Å²) in [7, 11) is 0. The maximum Gasteiger partial charge on any atom is 0.331 e. The van der Waals surface area contributed by atoms with E-state index in [1.165, 1.54) is 25.7 Å². The van der Waals surface area contributed by atoms with Crippen LogP contribution < -0.4 is 0 Å². The fraction of sp³-hybridized carbons (Fsp3) is 0.737. The summed E-state index contributed by atoms with van der Waals surface area (Å²) in [6.45, 7) is 12.5. The van der Waals surface area contributed by atoms with Crippen LogP contribution in [0.5, 0.6) is 0 Å². The summed E-state index contributed by atoms with van der Waals surface area (Å²) in [5.41, 5.74) is 0.951. The van der Waals surface area contributed by atoms with E-state index in [-0.39, 0.29) is 12.1 Å². The Morgan fingerprint density at radius 1 is 1.10 bits per heavy atom. The van der Waals surface area contributed by atoms with Crippen molar-refractivity contribution in [1.82, 2.24) is 0 Å². The maximum atomic E-state index is 11.5. The lowest BCUT2D eigenvalue weighted by atomic mass is 9.95. The first-order valence-corrected chi connectivity index (χ1v) is 8.40. The third-order valence-electron chi connectivity index (χ3n) is 3.71. The van der Waals surface area contributed by atoms with Crippen LogP contribution in [-0.2, 0) is 9.53 Å². The Hall–Kier alpha value is -1.05. The predicted octanol–water partition coefficient (Wildman–Crippen LogP) is 5.68. The third kappa shape index (κ3) is 12.4. The Bertz CT molecular complexity index is 339. The molecule has 0 amide bonds. The van der Waals surface area contributed by atoms with Gasteiger partial charge in [-0.25, -0.2) is 4.79 Å². The van der Waals surface area contributed by atoms with Crippen molar-refractivity contribution in [2.75, 3.05) is 0 Å². The first-order chi connectivity index (χ1) is 9.85. The van der Waals surface area contributed by atoms with E-state index in [9.17, 15) is 4.79 Å². The summed E-state index contributed by atoms with van der Waals surface area (Å²) in [6.07, 6.45) is 12.0. The summed E-state index contributed by atoms with van der Waals surface area (Å²) in [4.78, 5) is 11.5. The minimum Gasteiger partial charge on any atom is -0.460 e. The summed E-state index contributed by atoms with van der Waals surface area (Å²) in [5, 5.41) is 0. The molecule has 122 valence electrons. The molecule has 0 rings (SSSR count). The molecule has 0 aromatic carbocycles. The number of rotatable bonds is 10. The van der Waals surface area contributed by atoms with E-state index in [4.69, 9.17) is 4.74 Å². The first-order valence-electron chi connectivity index (χ1n) is 8.40. The van der Waals surface area contributed by atoms with Crippen LogP contribution in [0.1, 0.15) is 73.6 Å². The lowest BCUT2D eigenvalue weighted by Crippen LogP contribution is -2.08. The fourth-order valence-corrected chi connectivity index (χ4v) is 2.12. The zero-order valence-corrected chi connectivity index (χ0v) is 14.8. The highest BCUT2D eigenvalue weighted by Crippen LogP contribution is 2.17. The lowest BCUT2D eigenvalue weighted by Gasteiger charge is -2.11. The molecule has 0 radical (unpaired) electrons.